The van der Waals surface area contributed by atoms with Crippen molar-refractivity contribution in [1.29, 1.82) is 0 Å². The Balaban J connectivity index is 2.16. The highest BCUT2D eigenvalue weighted by Gasteiger charge is 2.03. The van der Waals surface area contributed by atoms with Crippen LogP contribution in [-0.4, -0.2) is 5.11 Å². The van der Waals surface area contributed by atoms with Gasteiger partial charge >= 0.3 is 0 Å². The van der Waals surface area contributed by atoms with Gasteiger partial charge in [-0.3, -0.25) is 0 Å². The average Bonchev–Trinajstić information content (AvgIpc) is 2.21. The minimum atomic E-state index is 0.383. The molecule has 1 rings (SSSR count). The van der Waals surface area contributed by atoms with Crippen molar-refractivity contribution in [2.75, 3.05) is 0 Å². The normalized spacial score (nSPS) is 21.5. The van der Waals surface area contributed by atoms with Crippen molar-refractivity contribution in [2.45, 2.75) is 32.6 Å². The number of hydrogen-bond acceptors (Lipinski definition) is 1. The third-order valence-electron chi connectivity index (χ3n) is 2.25. The number of aliphatic hydroxyl groups excluding tert-OH is 1. The van der Waals surface area contributed by atoms with Crippen molar-refractivity contribution >= 4 is 0 Å². The predicted octanol–water partition coefficient (Wildman–Crippen LogP) is 3.83. The van der Waals surface area contributed by atoms with Crippen LogP contribution in [0.2, 0.25) is 0 Å². The lowest BCUT2D eigenvalue weighted by Gasteiger charge is -2.08. The summed E-state index contributed by atoms with van der Waals surface area (Å²) in [6.45, 7) is 2.18. The maximum absolute atomic E-state index is 9.10. The molecule has 1 aliphatic rings. The molecule has 0 aromatic heterocycles. The van der Waals surface area contributed by atoms with Crippen LogP contribution in [0.4, 0.5) is 0 Å². The van der Waals surface area contributed by atoms with E-state index in [1.807, 2.05) is 18.2 Å². The number of aliphatic hydroxyl groups is 1. The van der Waals surface area contributed by atoms with E-state index < -0.39 is 0 Å². The number of hydrogen-bond donors (Lipinski definition) is 1. The maximum atomic E-state index is 9.10. The first-order valence-electron chi connectivity index (χ1n) is 5.30. The van der Waals surface area contributed by atoms with Gasteiger partial charge in [-0.1, -0.05) is 38.0 Å². The molecule has 0 aliphatic heterocycles. The molecule has 0 amide bonds. The van der Waals surface area contributed by atoms with Crippen molar-refractivity contribution in [2.24, 2.45) is 5.92 Å². The van der Waals surface area contributed by atoms with Crippen molar-refractivity contribution in [3.05, 3.63) is 42.6 Å². The summed E-state index contributed by atoms with van der Waals surface area (Å²) in [4.78, 5) is 0. The molecule has 0 bridgehead atoms. The van der Waals surface area contributed by atoms with Gasteiger partial charge in [-0.25, -0.2) is 0 Å². The largest absolute Gasteiger partial charge is 0.508 e. The van der Waals surface area contributed by atoms with E-state index in [0.29, 0.717) is 11.7 Å². The Bertz CT molecular complexity index is 236. The smallest absolute Gasteiger partial charge is 0.111 e. The monoisotopic (exact) mass is 190 g/mol. The second-order valence-corrected chi connectivity index (χ2v) is 3.55. The average molecular weight is 190 g/mol. The summed E-state index contributed by atoms with van der Waals surface area (Å²) in [6, 6.07) is 0. The van der Waals surface area contributed by atoms with E-state index in [0.717, 1.165) is 12.8 Å². The summed E-state index contributed by atoms with van der Waals surface area (Å²) >= 11 is 0. The van der Waals surface area contributed by atoms with Gasteiger partial charge in [-0.2, -0.15) is 0 Å². The lowest BCUT2D eigenvalue weighted by atomic mass is 9.99. The van der Waals surface area contributed by atoms with Crippen molar-refractivity contribution < 1.29 is 5.11 Å². The van der Waals surface area contributed by atoms with E-state index in [2.05, 4.69) is 19.4 Å². The Labute approximate surface area is 86.8 Å². The number of rotatable bonds is 5. The van der Waals surface area contributed by atoms with Gasteiger partial charge in [0.2, 0.25) is 0 Å². The fraction of sp³-hybridized carbons (Fsp3) is 0.462. The first-order valence-corrected chi connectivity index (χ1v) is 5.30. The summed E-state index contributed by atoms with van der Waals surface area (Å²) in [6.07, 6.45) is 17.4. The van der Waals surface area contributed by atoms with E-state index in [-0.39, 0.29) is 0 Å². The van der Waals surface area contributed by atoms with Crippen LogP contribution in [0.3, 0.4) is 0 Å². The highest BCUT2D eigenvalue weighted by Crippen LogP contribution is 2.16. The Morgan fingerprint density at radius 3 is 3.14 bits per heavy atom. The van der Waals surface area contributed by atoms with Crippen molar-refractivity contribution in [1.82, 2.24) is 0 Å². The van der Waals surface area contributed by atoms with Gasteiger partial charge in [0.25, 0.3) is 0 Å². The molecule has 0 fully saturated rings. The molecule has 0 heterocycles. The zero-order chi connectivity index (χ0) is 10.2. The third kappa shape index (κ3) is 4.31. The van der Waals surface area contributed by atoms with Crippen LogP contribution in [0.15, 0.2) is 36.1 Å². The minimum Gasteiger partial charge on any atom is -0.508 e. The van der Waals surface area contributed by atoms with Crippen molar-refractivity contribution in [3.63, 3.8) is 0 Å². The minimum absolute atomic E-state index is 0.383. The fourth-order valence-corrected chi connectivity index (χ4v) is 1.32. The van der Waals surface area contributed by atoms with Crippen LogP contribution < -0.4 is 0 Å². The van der Waals surface area contributed by atoms with Crippen LogP contribution in [-0.2, 0) is 0 Å². The zero-order valence-electron chi connectivity index (χ0n) is 8.74. The lowest BCUT2D eigenvalue weighted by Crippen LogP contribution is -1.95. The summed E-state index contributed by atoms with van der Waals surface area (Å²) in [5.41, 5.74) is 0. The van der Waals surface area contributed by atoms with Gasteiger partial charge in [0, 0.05) is 6.42 Å². The highest BCUT2D eigenvalue weighted by molar-refractivity contribution is 5.20. The number of unbranched alkanes of at least 4 members (excludes halogenated alkanes) is 3. The van der Waals surface area contributed by atoms with E-state index >= 15 is 0 Å². The summed E-state index contributed by atoms with van der Waals surface area (Å²) < 4.78 is 0. The highest BCUT2D eigenvalue weighted by atomic mass is 16.3. The molecular formula is C13H18O. The van der Waals surface area contributed by atoms with E-state index in [1.165, 1.54) is 12.8 Å². The van der Waals surface area contributed by atoms with Gasteiger partial charge in [-0.05, 0) is 30.9 Å². The van der Waals surface area contributed by atoms with Gasteiger partial charge < -0.3 is 5.11 Å². The fourth-order valence-electron chi connectivity index (χ4n) is 1.32. The van der Waals surface area contributed by atoms with Crippen LogP contribution in [0.1, 0.15) is 32.6 Å². The molecule has 1 atom stereocenters. The molecule has 1 unspecified atom stereocenters. The van der Waals surface area contributed by atoms with Crippen LogP contribution >= 0.6 is 0 Å². The van der Waals surface area contributed by atoms with Crippen LogP contribution in [0.25, 0.3) is 0 Å². The maximum Gasteiger partial charge on any atom is 0.111 e. The molecule has 1 aliphatic carbocycles. The Morgan fingerprint density at radius 1 is 1.64 bits per heavy atom. The molecule has 0 saturated heterocycles. The Morgan fingerprint density at radius 2 is 2.50 bits per heavy atom. The SMILES string of the molecule is CCCC[C]C=CC1C=CC(O)=CC1. The molecule has 14 heavy (non-hydrogen) atoms. The molecule has 0 aromatic carbocycles. The Hall–Kier alpha value is -0.980. The topological polar surface area (TPSA) is 20.2 Å². The van der Waals surface area contributed by atoms with E-state index in [9.17, 15) is 0 Å². The summed E-state index contributed by atoms with van der Waals surface area (Å²) in [7, 11) is 0. The van der Waals surface area contributed by atoms with Crippen molar-refractivity contribution in [3.8, 4) is 0 Å². The number of allylic oxidation sites excluding steroid dienone is 5. The third-order valence-corrected chi connectivity index (χ3v) is 2.25. The zero-order valence-corrected chi connectivity index (χ0v) is 8.74. The molecule has 0 saturated carbocycles. The predicted molar refractivity (Wildman–Crippen MR) is 59.9 cm³/mol. The lowest BCUT2D eigenvalue weighted by molar-refractivity contribution is 0.424. The van der Waals surface area contributed by atoms with E-state index in [1.54, 1.807) is 6.08 Å². The molecule has 1 N–H and O–H groups in total. The molecule has 0 aromatic rings. The Kier molecular flexibility index (Phi) is 5.13. The standard InChI is InChI=1S/C13H18O/c1-2-3-4-5-6-7-12-8-10-13(14)11-9-12/h6-8,10-12,14H,2-4,9H2,1H3. The molecule has 1 heteroatoms. The summed E-state index contributed by atoms with van der Waals surface area (Å²) in [5.74, 6) is 0.814. The molecule has 0 spiro atoms. The van der Waals surface area contributed by atoms with Gasteiger partial charge in [-0.15, -0.1) is 0 Å². The second kappa shape index (κ2) is 6.47. The molecular weight excluding hydrogens is 172 g/mol. The molecule has 76 valence electrons. The van der Waals surface area contributed by atoms with E-state index in [4.69, 9.17) is 5.11 Å². The summed E-state index contributed by atoms with van der Waals surface area (Å²) in [5, 5.41) is 9.10. The van der Waals surface area contributed by atoms with Gasteiger partial charge in [0.1, 0.15) is 5.76 Å². The second-order valence-electron chi connectivity index (χ2n) is 3.55. The first kappa shape index (κ1) is 11.1. The molecule has 2 radical (unpaired) electrons. The van der Waals surface area contributed by atoms with Gasteiger partial charge in [0.15, 0.2) is 0 Å². The van der Waals surface area contributed by atoms with Gasteiger partial charge in [0.05, 0.1) is 0 Å². The quantitative estimate of drug-likeness (QED) is 0.653. The van der Waals surface area contributed by atoms with Crippen LogP contribution in [0, 0.1) is 12.3 Å². The van der Waals surface area contributed by atoms with Crippen LogP contribution in [0.5, 0.6) is 0 Å². The molecule has 1 nitrogen and oxygen atoms in total. The first-order chi connectivity index (χ1) is 6.83.